The summed E-state index contributed by atoms with van der Waals surface area (Å²) in [6.07, 6.45) is 3.83. The van der Waals surface area contributed by atoms with Gasteiger partial charge in [0.25, 0.3) is 0 Å². The number of carboxylic acids is 1. The molecule has 1 aromatic heterocycles. The van der Waals surface area contributed by atoms with Crippen molar-refractivity contribution >= 4 is 5.97 Å². The molecule has 0 saturated carbocycles. The molecular formula is C13H23N3O2. The van der Waals surface area contributed by atoms with Crippen molar-refractivity contribution in [2.75, 3.05) is 6.54 Å². The number of imidazole rings is 1. The lowest BCUT2D eigenvalue weighted by molar-refractivity contribution is -0.137. The van der Waals surface area contributed by atoms with E-state index in [9.17, 15) is 4.79 Å². The predicted octanol–water partition coefficient (Wildman–Crippen LogP) is 1.98. The van der Waals surface area contributed by atoms with Crippen LogP contribution in [-0.2, 0) is 17.9 Å². The minimum Gasteiger partial charge on any atom is -0.481 e. The summed E-state index contributed by atoms with van der Waals surface area (Å²) in [6.45, 7) is 10.5. The van der Waals surface area contributed by atoms with Gasteiger partial charge in [-0.3, -0.25) is 9.69 Å². The quantitative estimate of drug-likeness (QED) is 0.842. The molecule has 1 rings (SSSR count). The highest BCUT2D eigenvalue weighted by molar-refractivity contribution is 5.66. The average Bonchev–Trinajstić information content (AvgIpc) is 2.69. The van der Waals surface area contributed by atoms with Crippen molar-refractivity contribution in [3.8, 4) is 0 Å². The van der Waals surface area contributed by atoms with Gasteiger partial charge in [-0.15, -0.1) is 0 Å². The van der Waals surface area contributed by atoms with Crippen LogP contribution in [0.25, 0.3) is 0 Å². The van der Waals surface area contributed by atoms with Crippen LogP contribution in [0.15, 0.2) is 12.5 Å². The maximum absolute atomic E-state index is 10.7. The third-order valence-corrected chi connectivity index (χ3v) is 3.04. The zero-order valence-electron chi connectivity index (χ0n) is 11.7. The standard InChI is InChI=1S/C13H23N3O2/c1-5-15-10-14-8-11(15)9-16(13(2,3)4)7-6-12(17)18/h8,10H,5-7,9H2,1-4H3,(H,17,18). The van der Waals surface area contributed by atoms with Crippen LogP contribution in [0, 0.1) is 0 Å². The first kappa shape index (κ1) is 14.7. The second-order valence-corrected chi connectivity index (χ2v) is 5.41. The largest absolute Gasteiger partial charge is 0.481 e. The van der Waals surface area contributed by atoms with Crippen molar-refractivity contribution in [2.45, 2.75) is 52.7 Å². The number of nitrogens with zero attached hydrogens (tertiary/aromatic N) is 3. The van der Waals surface area contributed by atoms with Crippen molar-refractivity contribution < 1.29 is 9.90 Å². The number of aliphatic carboxylic acids is 1. The van der Waals surface area contributed by atoms with Gasteiger partial charge in [-0.05, 0) is 27.7 Å². The zero-order valence-corrected chi connectivity index (χ0v) is 11.7. The first-order valence-corrected chi connectivity index (χ1v) is 6.30. The Hall–Kier alpha value is -1.36. The van der Waals surface area contributed by atoms with Gasteiger partial charge >= 0.3 is 5.97 Å². The van der Waals surface area contributed by atoms with Gasteiger partial charge in [0, 0.05) is 31.4 Å². The topological polar surface area (TPSA) is 58.4 Å². The maximum atomic E-state index is 10.7. The lowest BCUT2D eigenvalue weighted by Gasteiger charge is -2.35. The molecule has 0 bridgehead atoms. The minimum atomic E-state index is -0.756. The molecule has 0 radical (unpaired) electrons. The molecule has 0 aliphatic carbocycles. The Kier molecular flexibility index (Phi) is 4.90. The molecule has 0 atom stereocenters. The Labute approximate surface area is 108 Å². The summed E-state index contributed by atoms with van der Waals surface area (Å²) in [7, 11) is 0. The fourth-order valence-electron chi connectivity index (χ4n) is 1.84. The van der Waals surface area contributed by atoms with E-state index < -0.39 is 5.97 Å². The number of hydrogen-bond acceptors (Lipinski definition) is 3. The van der Waals surface area contributed by atoms with E-state index >= 15 is 0 Å². The van der Waals surface area contributed by atoms with Crippen molar-refractivity contribution in [3.05, 3.63) is 18.2 Å². The molecule has 0 amide bonds. The predicted molar refractivity (Wildman–Crippen MR) is 70.3 cm³/mol. The van der Waals surface area contributed by atoms with Gasteiger partial charge < -0.3 is 9.67 Å². The molecule has 18 heavy (non-hydrogen) atoms. The molecule has 0 aliphatic heterocycles. The number of rotatable bonds is 6. The summed E-state index contributed by atoms with van der Waals surface area (Å²) >= 11 is 0. The Morgan fingerprint density at radius 3 is 2.67 bits per heavy atom. The fourth-order valence-corrected chi connectivity index (χ4v) is 1.84. The van der Waals surface area contributed by atoms with Gasteiger partial charge in [0.15, 0.2) is 0 Å². The van der Waals surface area contributed by atoms with E-state index in [-0.39, 0.29) is 12.0 Å². The Morgan fingerprint density at radius 1 is 1.50 bits per heavy atom. The van der Waals surface area contributed by atoms with Gasteiger partial charge in [-0.1, -0.05) is 0 Å². The highest BCUT2D eigenvalue weighted by atomic mass is 16.4. The van der Waals surface area contributed by atoms with Gasteiger partial charge in [0.1, 0.15) is 0 Å². The zero-order chi connectivity index (χ0) is 13.8. The van der Waals surface area contributed by atoms with Crippen LogP contribution in [0.5, 0.6) is 0 Å². The summed E-state index contributed by atoms with van der Waals surface area (Å²) in [5, 5.41) is 8.81. The molecule has 1 aromatic rings. The minimum absolute atomic E-state index is 0.0573. The number of aryl methyl sites for hydroxylation is 1. The van der Waals surface area contributed by atoms with Crippen molar-refractivity contribution in [3.63, 3.8) is 0 Å². The van der Waals surface area contributed by atoms with Crippen LogP contribution in [-0.4, -0.2) is 37.6 Å². The van der Waals surface area contributed by atoms with Crippen LogP contribution >= 0.6 is 0 Å². The number of aromatic nitrogens is 2. The van der Waals surface area contributed by atoms with Crippen LogP contribution in [0.3, 0.4) is 0 Å². The van der Waals surface area contributed by atoms with E-state index in [0.29, 0.717) is 6.54 Å². The second-order valence-electron chi connectivity index (χ2n) is 5.41. The van der Waals surface area contributed by atoms with Crippen LogP contribution in [0.4, 0.5) is 0 Å². The van der Waals surface area contributed by atoms with Crippen molar-refractivity contribution in [2.24, 2.45) is 0 Å². The smallest absolute Gasteiger partial charge is 0.304 e. The van der Waals surface area contributed by atoms with E-state index in [1.807, 2.05) is 12.5 Å². The van der Waals surface area contributed by atoms with Crippen LogP contribution < -0.4 is 0 Å². The fraction of sp³-hybridized carbons (Fsp3) is 0.692. The summed E-state index contributed by atoms with van der Waals surface area (Å²) in [6, 6.07) is 0. The normalized spacial score (nSPS) is 12.1. The molecule has 5 heteroatoms. The molecule has 0 spiro atoms. The maximum Gasteiger partial charge on any atom is 0.304 e. The van der Waals surface area contributed by atoms with Gasteiger partial charge in [0.05, 0.1) is 18.4 Å². The van der Waals surface area contributed by atoms with E-state index in [4.69, 9.17) is 5.11 Å². The van der Waals surface area contributed by atoms with Crippen LogP contribution in [0.1, 0.15) is 39.8 Å². The third kappa shape index (κ3) is 4.14. The molecule has 1 N–H and O–H groups in total. The number of hydrogen-bond donors (Lipinski definition) is 1. The number of carboxylic acid groups (broad SMARTS) is 1. The molecule has 0 fully saturated rings. The molecule has 5 nitrogen and oxygen atoms in total. The molecular weight excluding hydrogens is 230 g/mol. The third-order valence-electron chi connectivity index (χ3n) is 3.04. The van der Waals surface area contributed by atoms with Gasteiger partial charge in [-0.2, -0.15) is 0 Å². The molecule has 0 aliphatic rings. The monoisotopic (exact) mass is 253 g/mol. The van der Waals surface area contributed by atoms with E-state index in [0.717, 1.165) is 18.8 Å². The molecule has 0 aromatic carbocycles. The lowest BCUT2D eigenvalue weighted by atomic mass is 10.1. The summed E-state index contributed by atoms with van der Waals surface area (Å²) in [4.78, 5) is 17.0. The summed E-state index contributed by atoms with van der Waals surface area (Å²) in [5.74, 6) is -0.756. The second kappa shape index (κ2) is 6.00. The summed E-state index contributed by atoms with van der Waals surface area (Å²) < 4.78 is 2.08. The average molecular weight is 253 g/mol. The number of carbonyl (C=O) groups is 1. The van der Waals surface area contributed by atoms with Gasteiger partial charge in [0.2, 0.25) is 0 Å². The first-order chi connectivity index (χ1) is 8.34. The van der Waals surface area contributed by atoms with Gasteiger partial charge in [-0.25, -0.2) is 4.98 Å². The Morgan fingerprint density at radius 2 is 2.17 bits per heavy atom. The van der Waals surface area contributed by atoms with Crippen LogP contribution in [0.2, 0.25) is 0 Å². The molecule has 1 heterocycles. The first-order valence-electron chi connectivity index (χ1n) is 6.30. The Balaban J connectivity index is 2.75. The van der Waals surface area contributed by atoms with Crippen molar-refractivity contribution in [1.29, 1.82) is 0 Å². The van der Waals surface area contributed by atoms with Crippen molar-refractivity contribution in [1.82, 2.24) is 14.5 Å². The molecule has 0 saturated heterocycles. The summed E-state index contributed by atoms with van der Waals surface area (Å²) in [5.41, 5.74) is 1.07. The van der Waals surface area contributed by atoms with E-state index in [1.165, 1.54) is 0 Å². The van der Waals surface area contributed by atoms with E-state index in [2.05, 4.69) is 42.1 Å². The highest BCUT2D eigenvalue weighted by Gasteiger charge is 2.22. The molecule has 102 valence electrons. The highest BCUT2D eigenvalue weighted by Crippen LogP contribution is 2.17. The molecule has 0 unspecified atom stereocenters. The van der Waals surface area contributed by atoms with E-state index in [1.54, 1.807) is 0 Å². The lowest BCUT2D eigenvalue weighted by Crippen LogP contribution is -2.42. The SMILES string of the molecule is CCn1cncc1CN(CCC(=O)O)C(C)(C)C. The Bertz CT molecular complexity index is 393.